The summed E-state index contributed by atoms with van der Waals surface area (Å²) in [5.41, 5.74) is 35.5. The zero-order valence-corrected chi connectivity index (χ0v) is 62.3. The average Bonchev–Trinajstić information content (AvgIpc) is 1.67. The zero-order valence-electron chi connectivity index (χ0n) is 61.5. The number of amides is 11. The number of carbonyl (C=O) groups is 11. The lowest BCUT2D eigenvalue weighted by molar-refractivity contribution is -0.136. The third-order valence-electron chi connectivity index (χ3n) is 16.9. The SMILES string of the molecule is CSCC[C@@H](NC(=O)[C@@H](Cc1ccccc1)NC(=O)[C@@H](CO)NC(C)=O)C(=O)N[C@H](Cc1ccc(O)cc1)C(=O)N[C@H](CCCNC(=N)N)C(=O)N[C@H](CCCNC(=N)N)C(=O)N[C@H](Cc1c[nH]c2ccccc12)C(=O)N[C@H](CCCNC(=N)N)C(=O)N[C@H](CCCNC(=N)N)C(=O)N[C@H](CCCNC(=N)N)C(N)=O. The van der Waals surface area contributed by atoms with Crippen molar-refractivity contribution in [1.29, 1.82) is 27.0 Å². The van der Waals surface area contributed by atoms with Crippen LogP contribution in [0.15, 0.2) is 85.1 Å². The quantitative estimate of drug-likeness (QED) is 0.0111. The molecule has 4 aromatic rings. The van der Waals surface area contributed by atoms with Crippen LogP contribution in [0.4, 0.5) is 0 Å². The smallest absolute Gasteiger partial charge is 0.245 e. The molecular weight excluding hydrogens is 1450 g/mol. The number of phenols is 1. The van der Waals surface area contributed by atoms with Crippen LogP contribution in [0.1, 0.15) is 94.2 Å². The third-order valence-corrected chi connectivity index (χ3v) is 17.5. The molecule has 10 atom stereocenters. The third kappa shape index (κ3) is 34.2. The molecule has 0 aliphatic heterocycles. The molecule has 0 aliphatic carbocycles. The molecule has 40 nitrogen and oxygen atoms in total. The second-order valence-corrected chi connectivity index (χ2v) is 26.7. The van der Waals surface area contributed by atoms with Gasteiger partial charge in [0.2, 0.25) is 65.0 Å². The van der Waals surface area contributed by atoms with Crippen LogP contribution >= 0.6 is 11.8 Å². The molecule has 35 N–H and O–H groups in total. The van der Waals surface area contributed by atoms with Gasteiger partial charge in [0.15, 0.2) is 29.8 Å². The Kier molecular flexibility index (Phi) is 39.5. The van der Waals surface area contributed by atoms with E-state index in [1.165, 1.54) is 36.0 Å². The number of aliphatic hydroxyl groups excluding tert-OH is 1. The number of thioether (sulfide) groups is 1. The Morgan fingerprint density at radius 2 is 0.700 bits per heavy atom. The molecule has 0 bridgehead atoms. The molecule has 110 heavy (non-hydrogen) atoms. The number of benzene rings is 3. The Bertz CT molecular complexity index is 3780. The van der Waals surface area contributed by atoms with E-state index in [9.17, 15) is 43.8 Å². The van der Waals surface area contributed by atoms with Crippen molar-refractivity contribution in [3.05, 3.63) is 102 Å². The van der Waals surface area contributed by atoms with Crippen molar-refractivity contribution in [2.45, 2.75) is 157 Å². The molecule has 1 aromatic heterocycles. The molecule has 1 heterocycles. The second kappa shape index (κ2) is 48.2. The number of aromatic amines is 1. The number of phenolic OH excluding ortho intramolecular Hbond substituents is 1. The maximum absolute atomic E-state index is 15.2. The monoisotopic (exact) mass is 1550 g/mol. The van der Waals surface area contributed by atoms with E-state index in [1.807, 2.05) is 0 Å². The summed E-state index contributed by atoms with van der Waals surface area (Å²) in [5.74, 6) is -11.7. The van der Waals surface area contributed by atoms with E-state index in [0.29, 0.717) is 27.6 Å². The van der Waals surface area contributed by atoms with Crippen LogP contribution in [0, 0.1) is 27.0 Å². The number of carbonyl (C=O) groups excluding carboxylic acids is 11. The van der Waals surface area contributed by atoms with Gasteiger partial charge in [-0.1, -0.05) is 60.7 Å². The van der Waals surface area contributed by atoms with E-state index < -0.39 is 150 Å². The van der Waals surface area contributed by atoms with E-state index in [0.717, 1.165) is 6.92 Å². The summed E-state index contributed by atoms with van der Waals surface area (Å²) in [6.07, 6.45) is 2.36. The maximum Gasteiger partial charge on any atom is 0.245 e. The maximum atomic E-state index is 15.2. The predicted molar refractivity (Wildman–Crippen MR) is 414 cm³/mol. The molecular formula is C69H107N27O13S. The summed E-state index contributed by atoms with van der Waals surface area (Å²) < 4.78 is 0. The summed E-state index contributed by atoms with van der Waals surface area (Å²) in [7, 11) is 0. The number of primary amides is 1. The average molecular weight is 1550 g/mol. The first-order valence-corrected chi connectivity index (χ1v) is 36.9. The number of H-pyrrole nitrogens is 1. The standard InChI is InChI=1S/C69H107N27O13S/c1-38(98)87-54(37-97)64(109)95-51(33-39-13-4-3-5-14-39)62(107)93-50(26-32-110-2)60(105)94-52(34-40-22-24-42(99)25-23-40)61(106)91-47(19-10-29-83-67(75)76)57(102)90-49(21-12-31-85-69(79)80)59(104)96-53(35-41-36-86-44-16-7-6-15-43(41)44)63(108)92-48(20-11-30-84-68(77)78)58(103)89-46(18-9-28-82-66(73)74)56(101)88-45(55(70)100)17-8-27-81-65(71)72/h3-7,13-16,22-25,36,45-54,86,97,99H,8-12,17-21,26-35,37H2,1-2H3,(H2,70,100)(H,87,98)(H,88,101)(H,89,103)(H,90,102)(H,91,106)(H,92,108)(H,93,107)(H,94,105)(H,95,109)(H,96,104)(H4,71,72,81)(H4,73,74,82)(H4,75,76,83)(H4,77,78,84)(H4,79,80,85)/t45-,46-,47-,48-,49-,50-,51-,52-,53-,54-/m1/s1. The topological polar surface area (TPSA) is 700 Å². The summed E-state index contributed by atoms with van der Waals surface area (Å²) in [5, 5.41) is 98.9. The molecule has 0 unspecified atom stereocenters. The number of guanidine groups is 5. The Morgan fingerprint density at radius 1 is 0.391 bits per heavy atom. The molecule has 11 amide bonds. The summed E-state index contributed by atoms with van der Waals surface area (Å²) in [6, 6.07) is 6.41. The Morgan fingerprint density at radius 3 is 1.05 bits per heavy atom. The zero-order chi connectivity index (χ0) is 81.2. The number of para-hydroxylation sites is 1. The summed E-state index contributed by atoms with van der Waals surface area (Å²) >= 11 is 1.32. The van der Waals surface area contributed by atoms with E-state index in [-0.39, 0.29) is 146 Å². The molecule has 602 valence electrons. The first-order valence-electron chi connectivity index (χ1n) is 35.5. The van der Waals surface area contributed by atoms with E-state index in [1.54, 1.807) is 67.0 Å². The minimum absolute atomic E-state index is 0.00524. The van der Waals surface area contributed by atoms with Crippen LogP contribution in [0.5, 0.6) is 5.75 Å². The minimum atomic E-state index is -1.60. The predicted octanol–water partition coefficient (Wildman–Crippen LogP) is -5.68. The van der Waals surface area contributed by atoms with E-state index >= 15 is 19.2 Å². The van der Waals surface area contributed by atoms with Crippen molar-refractivity contribution < 1.29 is 63.0 Å². The number of aromatic nitrogens is 1. The van der Waals surface area contributed by atoms with Gasteiger partial charge >= 0.3 is 0 Å². The molecule has 0 aliphatic rings. The van der Waals surface area contributed by atoms with Gasteiger partial charge in [-0.3, -0.25) is 79.8 Å². The summed E-state index contributed by atoms with van der Waals surface area (Å²) in [6.45, 7) is 0.517. The van der Waals surface area contributed by atoms with Gasteiger partial charge in [-0.25, -0.2) is 0 Å². The van der Waals surface area contributed by atoms with Crippen molar-refractivity contribution in [3.8, 4) is 5.75 Å². The molecule has 0 fully saturated rings. The normalized spacial score (nSPS) is 13.6. The molecule has 3 aromatic carbocycles. The summed E-state index contributed by atoms with van der Waals surface area (Å²) in [4.78, 5) is 160. The van der Waals surface area contributed by atoms with Crippen molar-refractivity contribution in [2.24, 2.45) is 34.4 Å². The number of fused-ring (bicyclic) bond motifs is 1. The molecule has 0 radical (unpaired) electrons. The largest absolute Gasteiger partial charge is 0.508 e. The fourth-order valence-corrected chi connectivity index (χ4v) is 11.7. The highest BCUT2D eigenvalue weighted by Crippen LogP contribution is 2.21. The van der Waals surface area contributed by atoms with Gasteiger partial charge in [-0.2, -0.15) is 11.8 Å². The van der Waals surface area contributed by atoms with Crippen LogP contribution < -0.4 is 114 Å². The Labute approximate surface area is 640 Å². The van der Waals surface area contributed by atoms with Crippen LogP contribution in [-0.4, -0.2) is 222 Å². The van der Waals surface area contributed by atoms with Gasteiger partial charge in [0.25, 0.3) is 0 Å². The van der Waals surface area contributed by atoms with Gasteiger partial charge in [0.05, 0.1) is 6.61 Å². The number of rotatable bonds is 50. The number of hydrogen-bond donors (Lipinski definition) is 29. The first kappa shape index (κ1) is 90.2. The molecule has 0 saturated heterocycles. The van der Waals surface area contributed by atoms with Crippen LogP contribution in [0.25, 0.3) is 10.9 Å². The van der Waals surface area contributed by atoms with Crippen molar-refractivity contribution in [1.82, 2.24) is 84.7 Å². The van der Waals surface area contributed by atoms with Crippen LogP contribution in [-0.2, 0) is 72.0 Å². The van der Waals surface area contributed by atoms with Crippen LogP contribution in [0.3, 0.4) is 0 Å². The lowest BCUT2D eigenvalue weighted by Crippen LogP contribution is -2.61. The molecule has 0 saturated carbocycles. The van der Waals surface area contributed by atoms with Crippen molar-refractivity contribution >= 4 is 117 Å². The highest BCUT2D eigenvalue weighted by Gasteiger charge is 2.37. The molecule has 41 heteroatoms. The lowest BCUT2D eigenvalue weighted by atomic mass is 10.0. The highest BCUT2D eigenvalue weighted by atomic mass is 32.2. The van der Waals surface area contributed by atoms with Crippen molar-refractivity contribution in [2.75, 3.05) is 51.3 Å². The Hall–Kier alpha value is -12.2. The van der Waals surface area contributed by atoms with Gasteiger partial charge in [-0.15, -0.1) is 0 Å². The molecule has 4 rings (SSSR count). The fraction of sp³-hybridized carbons (Fsp3) is 0.478. The number of nitrogens with two attached hydrogens (primary N) is 6. The fourth-order valence-electron chi connectivity index (χ4n) is 11.3. The number of aliphatic hydroxyl groups is 1. The number of aromatic hydroxyl groups is 1. The van der Waals surface area contributed by atoms with Crippen molar-refractivity contribution in [3.63, 3.8) is 0 Å². The number of nitrogens with one attached hydrogen (secondary N) is 21. The van der Waals surface area contributed by atoms with E-state index in [4.69, 9.17) is 61.4 Å². The van der Waals surface area contributed by atoms with Gasteiger partial charge < -0.3 is 129 Å². The van der Waals surface area contributed by atoms with E-state index in [2.05, 4.69) is 84.7 Å². The second-order valence-electron chi connectivity index (χ2n) is 25.7. The molecule has 0 spiro atoms. The first-order chi connectivity index (χ1) is 52.4. The highest BCUT2D eigenvalue weighted by molar-refractivity contribution is 7.98. The van der Waals surface area contributed by atoms with Crippen LogP contribution in [0.2, 0.25) is 0 Å². The lowest BCUT2D eigenvalue weighted by Gasteiger charge is -2.29. The Balaban J connectivity index is 1.79. The number of hydrogen-bond acceptors (Lipinski definition) is 19. The minimum Gasteiger partial charge on any atom is -0.508 e. The van der Waals surface area contributed by atoms with Gasteiger partial charge in [0.1, 0.15) is 66.2 Å². The van der Waals surface area contributed by atoms with Gasteiger partial charge in [-0.05, 0) is 118 Å². The van der Waals surface area contributed by atoms with Gasteiger partial charge in [0, 0.05) is 76.0 Å².